The highest BCUT2D eigenvalue weighted by Gasteiger charge is 2.22. The summed E-state index contributed by atoms with van der Waals surface area (Å²) in [6, 6.07) is -0.189. The fourth-order valence-electron chi connectivity index (χ4n) is 1.43. The fraction of sp³-hybridized carbons (Fsp3) is 0.917. The Morgan fingerprint density at radius 2 is 1.88 bits per heavy atom. The predicted molar refractivity (Wildman–Crippen MR) is 73.5 cm³/mol. The molecule has 0 radical (unpaired) electrons. The summed E-state index contributed by atoms with van der Waals surface area (Å²) in [6.07, 6.45) is 2.56. The molecule has 0 aromatic heterocycles. The molecule has 0 saturated carbocycles. The van der Waals surface area contributed by atoms with Gasteiger partial charge in [-0.2, -0.15) is 0 Å². The molecule has 1 amide bonds. The third-order valence-electron chi connectivity index (χ3n) is 2.76. The summed E-state index contributed by atoms with van der Waals surface area (Å²) in [5.74, 6) is 0.556. The van der Waals surface area contributed by atoms with Crippen LogP contribution >= 0.6 is 0 Å². The van der Waals surface area contributed by atoms with Crippen molar-refractivity contribution in [2.24, 2.45) is 0 Å². The Balaban J connectivity index is 4.18. The molecular formula is C12H26N2O2S. The summed E-state index contributed by atoms with van der Waals surface area (Å²) >= 11 is 0. The minimum absolute atomic E-state index is 0.00872. The van der Waals surface area contributed by atoms with Crippen LogP contribution in [0.3, 0.4) is 0 Å². The first-order valence-electron chi connectivity index (χ1n) is 6.06. The van der Waals surface area contributed by atoms with Gasteiger partial charge < -0.3 is 10.6 Å². The molecule has 102 valence electrons. The van der Waals surface area contributed by atoms with Crippen LogP contribution in [0.5, 0.6) is 0 Å². The lowest BCUT2D eigenvalue weighted by molar-refractivity contribution is -0.124. The number of hydrogen-bond donors (Lipinski definition) is 2. The molecule has 17 heavy (non-hydrogen) atoms. The molecule has 0 saturated heterocycles. The van der Waals surface area contributed by atoms with Gasteiger partial charge in [-0.1, -0.05) is 6.92 Å². The van der Waals surface area contributed by atoms with E-state index in [1.54, 1.807) is 6.26 Å². The minimum Gasteiger partial charge on any atom is -0.350 e. The Kier molecular flexibility index (Phi) is 6.94. The van der Waals surface area contributed by atoms with Gasteiger partial charge in [-0.3, -0.25) is 9.00 Å². The van der Waals surface area contributed by atoms with E-state index in [9.17, 15) is 9.00 Å². The first kappa shape index (κ1) is 16.6. The molecule has 2 N–H and O–H groups in total. The van der Waals surface area contributed by atoms with Gasteiger partial charge in [0.2, 0.25) is 5.91 Å². The molecule has 0 aliphatic carbocycles. The van der Waals surface area contributed by atoms with Crippen LogP contribution in [0, 0.1) is 0 Å². The SMILES string of the molecule is CCC(C)(C)NC(=O)C(C)NC(C)CS(C)=O. The van der Waals surface area contributed by atoms with Gasteiger partial charge in [-0.05, 0) is 34.1 Å². The Bertz CT molecular complexity index is 280. The summed E-state index contributed by atoms with van der Waals surface area (Å²) < 4.78 is 11.1. The topological polar surface area (TPSA) is 58.2 Å². The lowest BCUT2D eigenvalue weighted by atomic mass is 10.0. The highest BCUT2D eigenvalue weighted by Crippen LogP contribution is 2.07. The van der Waals surface area contributed by atoms with E-state index in [2.05, 4.69) is 10.6 Å². The number of rotatable bonds is 7. The van der Waals surface area contributed by atoms with E-state index in [1.807, 2.05) is 34.6 Å². The van der Waals surface area contributed by atoms with E-state index < -0.39 is 10.8 Å². The smallest absolute Gasteiger partial charge is 0.237 e. The number of amides is 1. The van der Waals surface area contributed by atoms with E-state index >= 15 is 0 Å². The van der Waals surface area contributed by atoms with E-state index in [-0.39, 0.29) is 23.5 Å². The molecule has 0 spiro atoms. The van der Waals surface area contributed by atoms with Crippen LogP contribution in [0.2, 0.25) is 0 Å². The zero-order chi connectivity index (χ0) is 13.6. The molecule has 0 aromatic carbocycles. The minimum atomic E-state index is -0.840. The summed E-state index contributed by atoms with van der Waals surface area (Å²) in [6.45, 7) is 9.82. The van der Waals surface area contributed by atoms with Gasteiger partial charge in [0, 0.05) is 34.4 Å². The van der Waals surface area contributed by atoms with Crippen molar-refractivity contribution in [2.45, 2.75) is 58.7 Å². The van der Waals surface area contributed by atoms with Gasteiger partial charge in [-0.15, -0.1) is 0 Å². The van der Waals surface area contributed by atoms with Crippen molar-refractivity contribution in [3.05, 3.63) is 0 Å². The fourth-order valence-corrected chi connectivity index (χ4v) is 2.23. The van der Waals surface area contributed by atoms with Crippen molar-refractivity contribution >= 4 is 16.7 Å². The van der Waals surface area contributed by atoms with Crippen LogP contribution in [0.4, 0.5) is 0 Å². The summed E-state index contributed by atoms with van der Waals surface area (Å²) in [7, 11) is -0.840. The van der Waals surface area contributed by atoms with Crippen LogP contribution in [0.1, 0.15) is 41.0 Å². The second-order valence-corrected chi connectivity index (χ2v) is 6.74. The lowest BCUT2D eigenvalue weighted by Crippen LogP contribution is -2.52. The maximum absolute atomic E-state index is 11.9. The second-order valence-electron chi connectivity index (χ2n) is 5.26. The van der Waals surface area contributed by atoms with Crippen LogP contribution < -0.4 is 10.6 Å². The molecule has 0 rings (SSSR count). The van der Waals surface area contributed by atoms with Crippen molar-refractivity contribution < 1.29 is 9.00 Å². The molecule has 0 aliphatic heterocycles. The average Bonchev–Trinajstić information content (AvgIpc) is 2.15. The molecule has 3 unspecified atom stereocenters. The van der Waals surface area contributed by atoms with E-state index in [1.165, 1.54) is 0 Å². The number of carbonyl (C=O) groups is 1. The Morgan fingerprint density at radius 3 is 2.29 bits per heavy atom. The summed E-state index contributed by atoms with van der Waals surface area (Å²) in [4.78, 5) is 11.9. The van der Waals surface area contributed by atoms with Crippen molar-refractivity contribution in [1.29, 1.82) is 0 Å². The number of carbonyl (C=O) groups excluding carboxylic acids is 1. The molecule has 0 bridgehead atoms. The highest BCUT2D eigenvalue weighted by atomic mass is 32.2. The molecule has 0 aromatic rings. The predicted octanol–water partition coefficient (Wildman–Crippen LogP) is 1.04. The highest BCUT2D eigenvalue weighted by molar-refractivity contribution is 7.84. The largest absolute Gasteiger partial charge is 0.350 e. The van der Waals surface area contributed by atoms with E-state index in [0.29, 0.717) is 5.75 Å². The molecule has 0 aliphatic rings. The van der Waals surface area contributed by atoms with E-state index in [4.69, 9.17) is 0 Å². The average molecular weight is 262 g/mol. The molecule has 3 atom stereocenters. The van der Waals surface area contributed by atoms with Crippen molar-refractivity contribution in [2.75, 3.05) is 12.0 Å². The normalized spacial score (nSPS) is 17.3. The third-order valence-corrected chi connectivity index (χ3v) is 3.73. The first-order valence-corrected chi connectivity index (χ1v) is 7.78. The van der Waals surface area contributed by atoms with E-state index in [0.717, 1.165) is 6.42 Å². The Hall–Kier alpha value is -0.420. The maximum atomic E-state index is 11.9. The van der Waals surface area contributed by atoms with Gasteiger partial charge in [0.1, 0.15) is 0 Å². The van der Waals surface area contributed by atoms with Crippen molar-refractivity contribution in [3.63, 3.8) is 0 Å². The van der Waals surface area contributed by atoms with Gasteiger partial charge in [0.15, 0.2) is 0 Å². The van der Waals surface area contributed by atoms with Crippen molar-refractivity contribution in [3.8, 4) is 0 Å². The second kappa shape index (κ2) is 7.11. The van der Waals surface area contributed by atoms with Gasteiger partial charge in [-0.25, -0.2) is 0 Å². The van der Waals surface area contributed by atoms with Gasteiger partial charge in [0.25, 0.3) is 0 Å². The zero-order valence-corrected chi connectivity index (χ0v) is 12.6. The van der Waals surface area contributed by atoms with Crippen LogP contribution in [-0.2, 0) is 15.6 Å². The van der Waals surface area contributed by atoms with Crippen LogP contribution in [0.25, 0.3) is 0 Å². The Labute approximate surface area is 107 Å². The lowest BCUT2D eigenvalue weighted by Gasteiger charge is -2.27. The van der Waals surface area contributed by atoms with Crippen LogP contribution in [-0.4, -0.2) is 39.7 Å². The van der Waals surface area contributed by atoms with Gasteiger partial charge >= 0.3 is 0 Å². The maximum Gasteiger partial charge on any atom is 0.237 e. The molecular weight excluding hydrogens is 236 g/mol. The monoisotopic (exact) mass is 262 g/mol. The molecule has 4 nitrogen and oxygen atoms in total. The Morgan fingerprint density at radius 1 is 1.35 bits per heavy atom. The molecule has 0 heterocycles. The third kappa shape index (κ3) is 7.49. The summed E-state index contributed by atoms with van der Waals surface area (Å²) in [5, 5.41) is 6.14. The first-order chi connectivity index (χ1) is 7.68. The quantitative estimate of drug-likeness (QED) is 0.720. The van der Waals surface area contributed by atoms with Crippen LogP contribution in [0.15, 0.2) is 0 Å². The van der Waals surface area contributed by atoms with Crippen molar-refractivity contribution in [1.82, 2.24) is 10.6 Å². The summed E-state index contributed by atoms with van der Waals surface area (Å²) in [5.41, 5.74) is -0.177. The molecule has 5 heteroatoms. The standard InChI is InChI=1S/C12H26N2O2S/c1-7-12(4,5)14-11(15)10(3)13-9(2)8-17(6)16/h9-10,13H,7-8H2,1-6H3,(H,14,15). The zero-order valence-electron chi connectivity index (χ0n) is 11.8. The van der Waals surface area contributed by atoms with Gasteiger partial charge in [0.05, 0.1) is 6.04 Å². The molecule has 0 fully saturated rings. The number of hydrogen-bond acceptors (Lipinski definition) is 3. The number of nitrogens with one attached hydrogen (secondary N) is 2.